The van der Waals surface area contributed by atoms with Gasteiger partial charge in [0.05, 0.1) is 17.9 Å². The smallest absolute Gasteiger partial charge is 0.222 e. The quantitative estimate of drug-likeness (QED) is 0.911. The Balaban J connectivity index is 1.92. The molecule has 2 aliphatic heterocycles. The molecule has 122 valence electrons. The van der Waals surface area contributed by atoms with E-state index in [-0.39, 0.29) is 5.60 Å². The summed E-state index contributed by atoms with van der Waals surface area (Å²) in [6, 6.07) is 0. The fourth-order valence-corrected chi connectivity index (χ4v) is 3.40. The molecule has 6 heteroatoms. The van der Waals surface area contributed by atoms with Gasteiger partial charge >= 0.3 is 0 Å². The second-order valence-corrected chi connectivity index (χ2v) is 6.48. The minimum Gasteiger partial charge on any atom is -0.370 e. The van der Waals surface area contributed by atoms with Crippen LogP contribution in [-0.2, 0) is 17.8 Å². The molecule has 2 aliphatic rings. The largest absolute Gasteiger partial charge is 0.370 e. The minimum absolute atomic E-state index is 0.0901. The Morgan fingerprint density at radius 1 is 1.14 bits per heavy atom. The molecule has 0 aliphatic carbocycles. The lowest BCUT2D eigenvalue weighted by Gasteiger charge is -2.39. The van der Waals surface area contributed by atoms with E-state index in [2.05, 4.69) is 40.7 Å². The first kappa shape index (κ1) is 15.5. The fourth-order valence-electron chi connectivity index (χ4n) is 3.40. The minimum atomic E-state index is -0.0901. The highest BCUT2D eigenvalue weighted by molar-refractivity contribution is 5.53. The van der Waals surface area contributed by atoms with Crippen LogP contribution in [0.1, 0.15) is 37.9 Å². The molecular weight excluding hydrogens is 278 g/mol. The van der Waals surface area contributed by atoms with Crippen LogP contribution in [0.25, 0.3) is 0 Å². The van der Waals surface area contributed by atoms with Gasteiger partial charge in [-0.05, 0) is 19.9 Å². The number of nitrogens with zero attached hydrogens (tertiary/aromatic N) is 4. The number of hydrogen-bond donors (Lipinski definition) is 1. The van der Waals surface area contributed by atoms with Crippen molar-refractivity contribution in [3.63, 3.8) is 0 Å². The molecule has 3 heterocycles. The first-order valence-corrected chi connectivity index (χ1v) is 8.29. The van der Waals surface area contributed by atoms with Gasteiger partial charge in [0.1, 0.15) is 5.82 Å². The van der Waals surface area contributed by atoms with Crippen LogP contribution in [0.3, 0.4) is 0 Å². The molecule has 2 N–H and O–H groups in total. The number of ether oxygens (including phenoxy) is 1. The van der Waals surface area contributed by atoms with E-state index in [0.717, 1.165) is 62.5 Å². The Kier molecular flexibility index (Phi) is 4.23. The summed E-state index contributed by atoms with van der Waals surface area (Å²) in [7, 11) is 2.15. The van der Waals surface area contributed by atoms with Crippen molar-refractivity contribution >= 4 is 11.8 Å². The van der Waals surface area contributed by atoms with Gasteiger partial charge in [-0.2, -0.15) is 4.98 Å². The van der Waals surface area contributed by atoms with Gasteiger partial charge in [0.15, 0.2) is 0 Å². The van der Waals surface area contributed by atoms with Crippen molar-refractivity contribution in [1.82, 2.24) is 14.9 Å². The van der Waals surface area contributed by atoms with Gasteiger partial charge in [-0.1, -0.05) is 13.8 Å². The highest BCUT2D eigenvalue weighted by Crippen LogP contribution is 2.36. The van der Waals surface area contributed by atoms with E-state index in [0.29, 0.717) is 12.6 Å². The van der Waals surface area contributed by atoms with Crippen molar-refractivity contribution in [3.05, 3.63) is 11.3 Å². The molecule has 0 amide bonds. The van der Waals surface area contributed by atoms with Crippen LogP contribution < -0.4 is 10.6 Å². The van der Waals surface area contributed by atoms with Crippen LogP contribution >= 0.6 is 0 Å². The average molecular weight is 305 g/mol. The topological polar surface area (TPSA) is 67.5 Å². The summed E-state index contributed by atoms with van der Waals surface area (Å²) >= 11 is 0. The molecule has 1 saturated heterocycles. The first-order chi connectivity index (χ1) is 10.6. The highest BCUT2D eigenvalue weighted by atomic mass is 16.5. The standard InChI is InChI=1S/C16H27N5O/c1-4-16(5-2)10-13-12(11-22-16)14(19-15(17)18-13)21-8-6-20(3)7-9-21/h4-11H2,1-3H3,(H2,17,18,19). The maximum Gasteiger partial charge on any atom is 0.222 e. The van der Waals surface area contributed by atoms with E-state index in [4.69, 9.17) is 10.5 Å². The summed E-state index contributed by atoms with van der Waals surface area (Å²) in [6.45, 7) is 9.01. The Labute approximate surface area is 132 Å². The molecule has 0 radical (unpaired) electrons. The summed E-state index contributed by atoms with van der Waals surface area (Å²) < 4.78 is 6.22. The maximum atomic E-state index is 6.22. The second kappa shape index (κ2) is 6.01. The van der Waals surface area contributed by atoms with Crippen molar-refractivity contribution < 1.29 is 4.74 Å². The van der Waals surface area contributed by atoms with E-state index in [1.807, 2.05) is 0 Å². The Hall–Kier alpha value is -1.40. The van der Waals surface area contributed by atoms with Crippen molar-refractivity contribution in [2.45, 2.75) is 45.3 Å². The number of hydrogen-bond acceptors (Lipinski definition) is 6. The highest BCUT2D eigenvalue weighted by Gasteiger charge is 2.35. The van der Waals surface area contributed by atoms with Crippen LogP contribution in [0.4, 0.5) is 11.8 Å². The average Bonchev–Trinajstić information content (AvgIpc) is 2.54. The first-order valence-electron chi connectivity index (χ1n) is 8.29. The van der Waals surface area contributed by atoms with Gasteiger partial charge in [0, 0.05) is 38.2 Å². The zero-order valence-corrected chi connectivity index (χ0v) is 13.9. The number of likely N-dealkylation sites (N-methyl/N-ethyl adjacent to an activating group) is 1. The lowest BCUT2D eigenvalue weighted by atomic mass is 9.87. The monoisotopic (exact) mass is 305 g/mol. The molecule has 0 unspecified atom stereocenters. The number of aromatic nitrogens is 2. The second-order valence-electron chi connectivity index (χ2n) is 6.48. The third-order valence-electron chi connectivity index (χ3n) is 5.19. The molecule has 0 bridgehead atoms. The lowest BCUT2D eigenvalue weighted by molar-refractivity contribution is -0.0735. The Bertz CT molecular complexity index is 536. The van der Waals surface area contributed by atoms with Crippen molar-refractivity contribution in [2.75, 3.05) is 43.9 Å². The molecule has 0 saturated carbocycles. The fraction of sp³-hybridized carbons (Fsp3) is 0.750. The predicted molar refractivity (Wildman–Crippen MR) is 88.0 cm³/mol. The lowest BCUT2D eigenvalue weighted by Crippen LogP contribution is -2.46. The molecule has 1 fully saturated rings. The maximum absolute atomic E-state index is 6.22. The van der Waals surface area contributed by atoms with E-state index in [1.54, 1.807) is 0 Å². The zero-order valence-electron chi connectivity index (χ0n) is 13.9. The van der Waals surface area contributed by atoms with Crippen LogP contribution in [0.2, 0.25) is 0 Å². The van der Waals surface area contributed by atoms with Crippen LogP contribution in [0.5, 0.6) is 0 Å². The van der Waals surface area contributed by atoms with Crippen molar-refractivity contribution in [3.8, 4) is 0 Å². The molecule has 1 aromatic rings. The number of anilines is 2. The molecule has 1 aromatic heterocycles. The van der Waals surface area contributed by atoms with Crippen molar-refractivity contribution in [2.24, 2.45) is 0 Å². The molecule has 6 nitrogen and oxygen atoms in total. The third kappa shape index (κ3) is 2.77. The number of nitrogen functional groups attached to an aromatic ring is 1. The summed E-state index contributed by atoms with van der Waals surface area (Å²) in [5.74, 6) is 1.37. The predicted octanol–water partition coefficient (Wildman–Crippen LogP) is 1.44. The van der Waals surface area contributed by atoms with Crippen molar-refractivity contribution in [1.29, 1.82) is 0 Å². The van der Waals surface area contributed by atoms with Gasteiger partial charge in [-0.25, -0.2) is 4.98 Å². The summed E-state index contributed by atoms with van der Waals surface area (Å²) in [4.78, 5) is 13.7. The summed E-state index contributed by atoms with van der Waals surface area (Å²) in [5.41, 5.74) is 8.11. The van der Waals surface area contributed by atoms with Gasteiger partial charge in [-0.15, -0.1) is 0 Å². The summed E-state index contributed by atoms with van der Waals surface area (Å²) in [5, 5.41) is 0. The zero-order chi connectivity index (χ0) is 15.7. The molecular formula is C16H27N5O. The van der Waals surface area contributed by atoms with Crippen LogP contribution in [0, 0.1) is 0 Å². The number of piperazine rings is 1. The SMILES string of the molecule is CCC1(CC)Cc2nc(N)nc(N3CCN(C)CC3)c2CO1. The van der Waals surface area contributed by atoms with Crippen LogP contribution in [0.15, 0.2) is 0 Å². The van der Waals surface area contributed by atoms with Gasteiger partial charge in [0.25, 0.3) is 0 Å². The number of fused-ring (bicyclic) bond motifs is 1. The molecule has 0 atom stereocenters. The molecule has 0 spiro atoms. The number of nitrogens with two attached hydrogens (primary N) is 1. The van der Waals surface area contributed by atoms with Crippen LogP contribution in [-0.4, -0.2) is 53.7 Å². The Morgan fingerprint density at radius 3 is 2.45 bits per heavy atom. The molecule has 22 heavy (non-hydrogen) atoms. The summed E-state index contributed by atoms with van der Waals surface area (Å²) in [6.07, 6.45) is 2.83. The van der Waals surface area contributed by atoms with E-state index < -0.39 is 0 Å². The third-order valence-corrected chi connectivity index (χ3v) is 5.19. The molecule has 3 rings (SSSR count). The van der Waals surface area contributed by atoms with Gasteiger partial charge in [-0.3, -0.25) is 0 Å². The normalized spacial score (nSPS) is 21.7. The Morgan fingerprint density at radius 2 is 1.82 bits per heavy atom. The molecule has 0 aromatic carbocycles. The van der Waals surface area contributed by atoms with E-state index in [1.165, 1.54) is 0 Å². The van der Waals surface area contributed by atoms with E-state index in [9.17, 15) is 0 Å². The van der Waals surface area contributed by atoms with Gasteiger partial charge < -0.3 is 20.3 Å². The van der Waals surface area contributed by atoms with E-state index >= 15 is 0 Å². The number of rotatable bonds is 3. The van der Waals surface area contributed by atoms with Gasteiger partial charge in [0.2, 0.25) is 5.95 Å².